The van der Waals surface area contributed by atoms with Gasteiger partial charge >= 0.3 is 0 Å². The SMILES string of the molecule is Cc1nc(Cc2ccccc2)sc1C(=O)NC(C)(CN)C(C)C.Cl.Cl. The number of halogens is 2. The van der Waals surface area contributed by atoms with E-state index in [9.17, 15) is 4.79 Å². The van der Waals surface area contributed by atoms with Crippen molar-refractivity contribution in [3.8, 4) is 0 Å². The Bertz CT molecular complexity index is 676. The van der Waals surface area contributed by atoms with Crippen molar-refractivity contribution < 1.29 is 4.79 Å². The van der Waals surface area contributed by atoms with Crippen LogP contribution in [0.25, 0.3) is 0 Å². The van der Waals surface area contributed by atoms with Crippen LogP contribution in [0.3, 0.4) is 0 Å². The maximum absolute atomic E-state index is 12.6. The summed E-state index contributed by atoms with van der Waals surface area (Å²) in [5.41, 5.74) is 7.42. The van der Waals surface area contributed by atoms with Gasteiger partial charge in [-0.2, -0.15) is 0 Å². The first kappa shape index (κ1) is 23.9. The first-order chi connectivity index (χ1) is 10.9. The summed E-state index contributed by atoms with van der Waals surface area (Å²) < 4.78 is 0. The molecule has 0 aliphatic rings. The number of carbonyl (C=O) groups is 1. The van der Waals surface area contributed by atoms with Crippen LogP contribution in [0.2, 0.25) is 0 Å². The summed E-state index contributed by atoms with van der Waals surface area (Å²) in [7, 11) is 0. The summed E-state index contributed by atoms with van der Waals surface area (Å²) in [6.07, 6.45) is 0.748. The van der Waals surface area contributed by atoms with E-state index >= 15 is 0 Å². The van der Waals surface area contributed by atoms with Gasteiger partial charge in [0.05, 0.1) is 16.2 Å². The zero-order valence-corrected chi connectivity index (χ0v) is 17.5. The fourth-order valence-corrected chi connectivity index (χ4v) is 3.25. The number of hydrogen-bond donors (Lipinski definition) is 2. The molecule has 0 bridgehead atoms. The number of amides is 1. The Labute approximate surface area is 166 Å². The lowest BCUT2D eigenvalue weighted by Crippen LogP contribution is -2.54. The topological polar surface area (TPSA) is 68.0 Å². The number of thiazole rings is 1. The van der Waals surface area contributed by atoms with Crippen LogP contribution in [0.15, 0.2) is 30.3 Å². The normalized spacial score (nSPS) is 12.7. The molecule has 1 unspecified atom stereocenters. The third kappa shape index (κ3) is 5.96. The Balaban J connectivity index is 0.00000288. The summed E-state index contributed by atoms with van der Waals surface area (Å²) in [6, 6.07) is 10.2. The Kier molecular flexibility index (Phi) is 9.66. The predicted octanol–water partition coefficient (Wildman–Crippen LogP) is 3.99. The van der Waals surface area contributed by atoms with Gasteiger partial charge in [0.15, 0.2) is 0 Å². The molecule has 1 atom stereocenters. The van der Waals surface area contributed by atoms with E-state index in [2.05, 4.69) is 36.3 Å². The average molecular weight is 404 g/mol. The molecule has 1 amide bonds. The monoisotopic (exact) mass is 403 g/mol. The number of nitrogens with two attached hydrogens (primary N) is 1. The van der Waals surface area contributed by atoms with Crippen molar-refractivity contribution in [3.05, 3.63) is 51.5 Å². The quantitative estimate of drug-likeness (QED) is 0.765. The van der Waals surface area contributed by atoms with Crippen molar-refractivity contribution in [3.63, 3.8) is 0 Å². The highest BCUT2D eigenvalue weighted by atomic mass is 35.5. The number of nitrogens with one attached hydrogen (secondary N) is 1. The van der Waals surface area contributed by atoms with Crippen LogP contribution in [0.5, 0.6) is 0 Å². The van der Waals surface area contributed by atoms with Gasteiger partial charge in [-0.25, -0.2) is 4.98 Å². The van der Waals surface area contributed by atoms with E-state index in [0.29, 0.717) is 11.4 Å². The van der Waals surface area contributed by atoms with Crippen molar-refractivity contribution in [2.75, 3.05) is 6.54 Å². The van der Waals surface area contributed by atoms with Crippen molar-refractivity contribution in [1.29, 1.82) is 0 Å². The highest BCUT2D eigenvalue weighted by Gasteiger charge is 2.30. The Morgan fingerprint density at radius 3 is 2.40 bits per heavy atom. The van der Waals surface area contributed by atoms with E-state index in [0.717, 1.165) is 17.1 Å². The second-order valence-electron chi connectivity index (χ2n) is 6.41. The summed E-state index contributed by atoms with van der Waals surface area (Å²) in [4.78, 5) is 17.8. The van der Waals surface area contributed by atoms with Gasteiger partial charge < -0.3 is 11.1 Å². The largest absolute Gasteiger partial charge is 0.345 e. The number of rotatable bonds is 6. The highest BCUT2D eigenvalue weighted by molar-refractivity contribution is 7.13. The van der Waals surface area contributed by atoms with Gasteiger partial charge in [-0.3, -0.25) is 4.79 Å². The third-order valence-electron chi connectivity index (χ3n) is 4.34. The predicted molar refractivity (Wildman–Crippen MR) is 110 cm³/mol. The molecule has 4 nitrogen and oxygen atoms in total. The van der Waals surface area contributed by atoms with E-state index in [-0.39, 0.29) is 36.6 Å². The molecule has 0 radical (unpaired) electrons. The van der Waals surface area contributed by atoms with Crippen LogP contribution in [-0.2, 0) is 6.42 Å². The van der Waals surface area contributed by atoms with Gasteiger partial charge in [-0.05, 0) is 25.3 Å². The number of carbonyl (C=O) groups excluding carboxylic acids is 1. The Hall–Kier alpha value is -1.14. The van der Waals surface area contributed by atoms with E-state index in [1.165, 1.54) is 16.9 Å². The van der Waals surface area contributed by atoms with Crippen LogP contribution in [0.4, 0.5) is 0 Å². The standard InChI is InChI=1S/C18H25N3OS.2ClH/c1-12(2)18(4,11-19)21-17(22)16-13(3)20-15(23-16)10-14-8-6-5-7-9-14;;/h5-9,12H,10-11,19H2,1-4H3,(H,21,22);2*1H. The second-order valence-corrected chi connectivity index (χ2v) is 7.50. The summed E-state index contributed by atoms with van der Waals surface area (Å²) in [6.45, 7) is 8.40. The molecule has 140 valence electrons. The maximum atomic E-state index is 12.6. The van der Waals surface area contributed by atoms with Gasteiger partial charge in [0.2, 0.25) is 0 Å². The first-order valence-corrected chi connectivity index (χ1v) is 8.70. The highest BCUT2D eigenvalue weighted by Crippen LogP contribution is 2.23. The smallest absolute Gasteiger partial charge is 0.263 e. The molecule has 0 saturated carbocycles. The zero-order chi connectivity index (χ0) is 17.0. The average Bonchev–Trinajstić information content (AvgIpc) is 2.88. The molecule has 25 heavy (non-hydrogen) atoms. The van der Waals surface area contributed by atoms with Gasteiger partial charge in [-0.1, -0.05) is 44.2 Å². The van der Waals surface area contributed by atoms with Crippen molar-refractivity contribution in [1.82, 2.24) is 10.3 Å². The number of nitrogens with zero attached hydrogens (tertiary/aromatic N) is 1. The first-order valence-electron chi connectivity index (χ1n) is 7.88. The van der Waals surface area contributed by atoms with Gasteiger partial charge in [0, 0.05) is 13.0 Å². The number of benzene rings is 1. The molecule has 2 aromatic rings. The number of hydrogen-bond acceptors (Lipinski definition) is 4. The fraction of sp³-hybridized carbons (Fsp3) is 0.444. The summed E-state index contributed by atoms with van der Waals surface area (Å²) >= 11 is 1.46. The molecule has 7 heteroatoms. The minimum absolute atomic E-state index is 0. The molecular formula is C18H27Cl2N3OS. The van der Waals surface area contributed by atoms with Crippen LogP contribution in [0.1, 0.15) is 46.7 Å². The molecule has 1 heterocycles. The molecule has 0 aliphatic heterocycles. The van der Waals surface area contributed by atoms with Crippen LogP contribution >= 0.6 is 36.2 Å². The Morgan fingerprint density at radius 1 is 1.28 bits per heavy atom. The van der Waals surface area contributed by atoms with Crippen molar-refractivity contribution in [2.45, 2.75) is 39.7 Å². The zero-order valence-electron chi connectivity index (χ0n) is 15.0. The second kappa shape index (κ2) is 10.1. The molecule has 0 aliphatic carbocycles. The van der Waals surface area contributed by atoms with Gasteiger partial charge in [0.1, 0.15) is 4.88 Å². The summed E-state index contributed by atoms with van der Waals surface area (Å²) in [5.74, 6) is 0.175. The molecule has 0 saturated heterocycles. The fourth-order valence-electron chi connectivity index (χ4n) is 2.26. The van der Waals surface area contributed by atoms with Crippen LogP contribution in [-0.4, -0.2) is 23.0 Å². The van der Waals surface area contributed by atoms with Crippen molar-refractivity contribution in [2.24, 2.45) is 11.7 Å². The van der Waals surface area contributed by atoms with E-state index in [4.69, 9.17) is 5.73 Å². The lowest BCUT2D eigenvalue weighted by molar-refractivity contribution is 0.0886. The van der Waals surface area contributed by atoms with Gasteiger partial charge in [-0.15, -0.1) is 36.2 Å². The molecule has 3 N–H and O–H groups in total. The van der Waals surface area contributed by atoms with E-state index in [1.54, 1.807) is 0 Å². The molecule has 1 aromatic carbocycles. The van der Waals surface area contributed by atoms with E-state index < -0.39 is 5.54 Å². The lowest BCUT2D eigenvalue weighted by atomic mass is 9.88. The number of aromatic nitrogens is 1. The molecule has 2 rings (SSSR count). The van der Waals surface area contributed by atoms with Crippen LogP contribution in [0, 0.1) is 12.8 Å². The minimum Gasteiger partial charge on any atom is -0.345 e. The maximum Gasteiger partial charge on any atom is 0.263 e. The Morgan fingerprint density at radius 2 is 1.88 bits per heavy atom. The molecular weight excluding hydrogens is 377 g/mol. The minimum atomic E-state index is -0.410. The number of aryl methyl sites for hydroxylation is 1. The molecule has 1 aromatic heterocycles. The van der Waals surface area contributed by atoms with Crippen LogP contribution < -0.4 is 11.1 Å². The van der Waals surface area contributed by atoms with Gasteiger partial charge in [0.25, 0.3) is 5.91 Å². The third-order valence-corrected chi connectivity index (χ3v) is 5.50. The summed E-state index contributed by atoms with van der Waals surface area (Å²) in [5, 5.41) is 4.04. The molecule has 0 spiro atoms. The molecule has 0 fully saturated rings. The van der Waals surface area contributed by atoms with Crippen molar-refractivity contribution >= 4 is 42.1 Å². The lowest BCUT2D eigenvalue weighted by Gasteiger charge is -2.33. The van der Waals surface area contributed by atoms with E-state index in [1.807, 2.05) is 32.0 Å².